The lowest BCUT2D eigenvalue weighted by atomic mass is 10.2. The van der Waals surface area contributed by atoms with E-state index in [1.165, 1.54) is 0 Å². The van der Waals surface area contributed by atoms with Crippen LogP contribution in [-0.4, -0.2) is 17.1 Å². The molecular weight excluding hydrogens is 187 g/mol. The first-order valence-corrected chi connectivity index (χ1v) is 3.70. The van der Waals surface area contributed by atoms with Crippen LogP contribution in [0.2, 0.25) is 0 Å². The molecule has 0 amide bonds. The molecule has 0 saturated carbocycles. The molecule has 0 aromatic carbocycles. The van der Waals surface area contributed by atoms with E-state index in [4.69, 9.17) is 5.26 Å². The number of ketones is 1. The summed E-state index contributed by atoms with van der Waals surface area (Å²) in [6, 6.07) is 2.50. The van der Waals surface area contributed by atoms with Gasteiger partial charge in [0, 0.05) is 11.8 Å². The smallest absolute Gasteiger partial charge is 0.198 e. The predicted molar refractivity (Wildman–Crippen MR) is 44.1 cm³/mol. The number of halogens is 1. The van der Waals surface area contributed by atoms with Crippen molar-refractivity contribution < 1.29 is 14.0 Å². The highest BCUT2D eigenvalue weighted by molar-refractivity contribution is 5.96. The van der Waals surface area contributed by atoms with E-state index in [9.17, 15) is 14.0 Å². The van der Waals surface area contributed by atoms with Crippen LogP contribution in [0.5, 0.6) is 0 Å². The number of hydrogen-bond donors (Lipinski definition) is 0. The molecule has 4 nitrogen and oxygen atoms in total. The summed E-state index contributed by atoms with van der Waals surface area (Å²) in [6.07, 6.45) is 1.08. The molecule has 0 N–H and O–H groups in total. The lowest BCUT2D eigenvalue weighted by Gasteiger charge is -1.97. The number of pyridine rings is 1. The second-order valence-electron chi connectivity index (χ2n) is 2.47. The van der Waals surface area contributed by atoms with Gasteiger partial charge < -0.3 is 0 Å². The molecule has 0 aliphatic rings. The molecule has 0 bridgehead atoms. The molecule has 0 fully saturated rings. The number of Topliss-reactive ketones (excluding diaryl/α,β-unsaturated/α-hetero) is 1. The van der Waals surface area contributed by atoms with Gasteiger partial charge in [-0.1, -0.05) is 0 Å². The van der Waals surface area contributed by atoms with Crippen molar-refractivity contribution in [3.8, 4) is 6.07 Å². The number of nitrogens with zero attached hydrogens (tertiary/aromatic N) is 2. The largest absolute Gasteiger partial charge is 0.298 e. The van der Waals surface area contributed by atoms with E-state index in [1.807, 2.05) is 0 Å². The van der Waals surface area contributed by atoms with Gasteiger partial charge >= 0.3 is 0 Å². The fourth-order valence-electron chi connectivity index (χ4n) is 0.878. The molecule has 70 valence electrons. The summed E-state index contributed by atoms with van der Waals surface area (Å²) in [4.78, 5) is 24.7. The van der Waals surface area contributed by atoms with Crippen molar-refractivity contribution >= 4 is 12.1 Å². The van der Waals surface area contributed by atoms with Crippen molar-refractivity contribution in [1.29, 1.82) is 5.26 Å². The number of rotatable bonds is 3. The summed E-state index contributed by atoms with van der Waals surface area (Å²) in [5.74, 6) is -1.57. The van der Waals surface area contributed by atoms with Crippen molar-refractivity contribution in [2.24, 2.45) is 0 Å². The lowest BCUT2D eigenvalue weighted by molar-refractivity contribution is 0.0987. The Morgan fingerprint density at radius 3 is 2.93 bits per heavy atom. The highest BCUT2D eigenvalue weighted by Crippen LogP contribution is 2.07. The van der Waals surface area contributed by atoms with E-state index in [0.717, 1.165) is 12.3 Å². The number of hydrogen-bond acceptors (Lipinski definition) is 4. The standard InChI is InChI=1S/C9H5FN2O2/c10-7-3-6(5-13)4-12-9(7)8(14)1-2-11/h3-5H,1H2. The minimum atomic E-state index is -0.880. The van der Waals surface area contributed by atoms with Gasteiger partial charge in [0.15, 0.2) is 17.9 Å². The van der Waals surface area contributed by atoms with Crippen LogP contribution in [0.15, 0.2) is 12.3 Å². The molecule has 0 aliphatic heterocycles. The minimum Gasteiger partial charge on any atom is -0.298 e. The molecule has 1 aromatic heterocycles. The van der Waals surface area contributed by atoms with Gasteiger partial charge in [0.05, 0.1) is 6.07 Å². The fraction of sp³-hybridized carbons (Fsp3) is 0.111. The van der Waals surface area contributed by atoms with E-state index >= 15 is 0 Å². The Balaban J connectivity index is 3.07. The summed E-state index contributed by atoms with van der Waals surface area (Å²) in [7, 11) is 0. The van der Waals surface area contributed by atoms with Gasteiger partial charge in [-0.05, 0) is 6.07 Å². The fourth-order valence-corrected chi connectivity index (χ4v) is 0.878. The normalized spacial score (nSPS) is 9.14. The van der Waals surface area contributed by atoms with Crippen molar-refractivity contribution in [2.45, 2.75) is 6.42 Å². The molecule has 0 atom stereocenters. The maximum absolute atomic E-state index is 13.1. The van der Waals surface area contributed by atoms with E-state index in [0.29, 0.717) is 6.29 Å². The molecular formula is C9H5FN2O2. The number of carbonyl (C=O) groups is 2. The first kappa shape index (κ1) is 9.99. The van der Waals surface area contributed by atoms with Crippen LogP contribution < -0.4 is 0 Å². The molecule has 0 radical (unpaired) electrons. The zero-order valence-corrected chi connectivity index (χ0v) is 7.03. The van der Waals surface area contributed by atoms with Crippen LogP contribution in [0.1, 0.15) is 27.3 Å². The van der Waals surface area contributed by atoms with Crippen LogP contribution in [-0.2, 0) is 0 Å². The van der Waals surface area contributed by atoms with Gasteiger partial charge in [-0.3, -0.25) is 9.59 Å². The van der Waals surface area contributed by atoms with Gasteiger partial charge in [0.25, 0.3) is 0 Å². The van der Waals surface area contributed by atoms with E-state index in [1.54, 1.807) is 6.07 Å². The SMILES string of the molecule is N#CCC(=O)c1ncc(C=O)cc1F. The van der Waals surface area contributed by atoms with Crippen LogP contribution in [0.4, 0.5) is 4.39 Å². The molecule has 14 heavy (non-hydrogen) atoms. The summed E-state index contributed by atoms with van der Waals surface area (Å²) in [5.41, 5.74) is -0.354. The number of carbonyl (C=O) groups excluding carboxylic acids is 2. The van der Waals surface area contributed by atoms with Crippen molar-refractivity contribution in [2.75, 3.05) is 0 Å². The molecule has 0 aliphatic carbocycles. The van der Waals surface area contributed by atoms with E-state index in [-0.39, 0.29) is 5.56 Å². The average Bonchev–Trinajstić information content (AvgIpc) is 2.17. The van der Waals surface area contributed by atoms with Gasteiger partial charge in [-0.25, -0.2) is 9.37 Å². The van der Waals surface area contributed by atoms with Crippen LogP contribution >= 0.6 is 0 Å². The Morgan fingerprint density at radius 1 is 1.71 bits per heavy atom. The Bertz CT molecular complexity index is 423. The van der Waals surface area contributed by atoms with Crippen LogP contribution in [0, 0.1) is 17.1 Å². The van der Waals surface area contributed by atoms with Gasteiger partial charge in [0.2, 0.25) is 0 Å². The summed E-state index contributed by atoms with van der Waals surface area (Å²) < 4.78 is 13.1. The van der Waals surface area contributed by atoms with Crippen molar-refractivity contribution in [3.63, 3.8) is 0 Å². The minimum absolute atomic E-state index is 0.0519. The third-order valence-corrected chi connectivity index (χ3v) is 1.50. The van der Waals surface area contributed by atoms with Gasteiger partial charge in [-0.2, -0.15) is 5.26 Å². The van der Waals surface area contributed by atoms with Crippen molar-refractivity contribution in [3.05, 3.63) is 29.3 Å². The predicted octanol–water partition coefficient (Wildman–Crippen LogP) is 1.13. The van der Waals surface area contributed by atoms with Crippen LogP contribution in [0.25, 0.3) is 0 Å². The molecule has 0 unspecified atom stereocenters. The maximum Gasteiger partial charge on any atom is 0.198 e. The average molecular weight is 192 g/mol. The maximum atomic E-state index is 13.1. The molecule has 1 rings (SSSR count). The first-order chi connectivity index (χ1) is 6.69. The third kappa shape index (κ3) is 1.98. The van der Waals surface area contributed by atoms with Crippen molar-refractivity contribution in [1.82, 2.24) is 4.98 Å². The second-order valence-corrected chi connectivity index (χ2v) is 2.47. The Kier molecular flexibility index (Phi) is 3.02. The summed E-state index contributed by atoms with van der Waals surface area (Å²) >= 11 is 0. The summed E-state index contributed by atoms with van der Waals surface area (Å²) in [5, 5.41) is 8.21. The molecule has 5 heteroatoms. The highest BCUT2D eigenvalue weighted by Gasteiger charge is 2.13. The Labute approximate surface area is 79.0 Å². The quantitative estimate of drug-likeness (QED) is 0.531. The highest BCUT2D eigenvalue weighted by atomic mass is 19.1. The van der Waals surface area contributed by atoms with E-state index in [2.05, 4.69) is 4.98 Å². The zero-order valence-electron chi connectivity index (χ0n) is 7.03. The Hall–Kier alpha value is -2.09. The first-order valence-electron chi connectivity index (χ1n) is 3.70. The molecule has 1 aromatic rings. The van der Waals surface area contributed by atoms with Crippen LogP contribution in [0.3, 0.4) is 0 Å². The monoisotopic (exact) mass is 192 g/mol. The molecule has 0 spiro atoms. The van der Waals surface area contributed by atoms with E-state index < -0.39 is 23.7 Å². The lowest BCUT2D eigenvalue weighted by Crippen LogP contribution is -2.05. The Morgan fingerprint density at radius 2 is 2.43 bits per heavy atom. The summed E-state index contributed by atoms with van der Waals surface area (Å²) in [6.45, 7) is 0. The molecule has 1 heterocycles. The van der Waals surface area contributed by atoms with Gasteiger partial charge in [-0.15, -0.1) is 0 Å². The second kappa shape index (κ2) is 4.23. The number of aldehydes is 1. The zero-order chi connectivity index (χ0) is 10.6. The number of aromatic nitrogens is 1. The number of nitriles is 1. The van der Waals surface area contributed by atoms with Gasteiger partial charge in [0.1, 0.15) is 12.1 Å². The topological polar surface area (TPSA) is 70.8 Å². The molecule has 0 saturated heterocycles. The third-order valence-electron chi connectivity index (χ3n) is 1.50.